The first-order chi connectivity index (χ1) is 7.69. The largest absolute Gasteiger partial charge is 0.390 e. The highest BCUT2D eigenvalue weighted by Crippen LogP contribution is 2.43. The fourth-order valence-electron chi connectivity index (χ4n) is 3.16. The zero-order chi connectivity index (χ0) is 11.2. The number of aliphatic hydroxyl groups excluding tert-OH is 1. The molecule has 0 aromatic carbocycles. The summed E-state index contributed by atoms with van der Waals surface area (Å²) in [6, 6.07) is 0. The van der Waals surface area contributed by atoms with E-state index in [0.717, 1.165) is 25.7 Å². The molecule has 3 aliphatic rings. The van der Waals surface area contributed by atoms with Crippen LogP contribution in [0.3, 0.4) is 0 Å². The van der Waals surface area contributed by atoms with E-state index in [1.165, 1.54) is 6.42 Å². The van der Waals surface area contributed by atoms with Crippen LogP contribution in [-0.2, 0) is 14.3 Å². The second kappa shape index (κ2) is 3.79. The van der Waals surface area contributed by atoms with Crippen molar-refractivity contribution in [3.8, 4) is 0 Å². The number of aliphatic hydroxyl groups is 1. The first-order valence-corrected chi connectivity index (χ1v) is 6.24. The van der Waals surface area contributed by atoms with Crippen LogP contribution in [0.4, 0.5) is 0 Å². The van der Waals surface area contributed by atoms with Gasteiger partial charge in [0.2, 0.25) is 0 Å². The number of hydrogen-bond donors (Lipinski definition) is 1. The third kappa shape index (κ3) is 1.69. The molecule has 0 aromatic rings. The van der Waals surface area contributed by atoms with Crippen LogP contribution in [0.5, 0.6) is 0 Å². The first-order valence-electron chi connectivity index (χ1n) is 6.24. The summed E-state index contributed by atoms with van der Waals surface area (Å²) in [6.07, 6.45) is 4.72. The van der Waals surface area contributed by atoms with Crippen LogP contribution >= 0.6 is 0 Å². The minimum absolute atomic E-state index is 0.0882. The molecule has 0 radical (unpaired) electrons. The zero-order valence-electron chi connectivity index (χ0n) is 9.35. The Kier molecular flexibility index (Phi) is 2.53. The Hall–Kier alpha value is -0.450. The van der Waals surface area contributed by atoms with E-state index in [-0.39, 0.29) is 24.4 Å². The highest BCUT2D eigenvalue weighted by atomic mass is 16.8. The fraction of sp³-hybridized carbons (Fsp3) is 0.917. The number of carbonyl (C=O) groups excluding carboxylic acids is 1. The van der Waals surface area contributed by atoms with Gasteiger partial charge in [-0.1, -0.05) is 6.42 Å². The van der Waals surface area contributed by atoms with Crippen molar-refractivity contribution in [2.45, 2.75) is 69.0 Å². The van der Waals surface area contributed by atoms with Crippen molar-refractivity contribution in [3.63, 3.8) is 0 Å². The summed E-state index contributed by atoms with van der Waals surface area (Å²) in [7, 11) is 0. The molecule has 3 atom stereocenters. The predicted molar refractivity (Wildman–Crippen MR) is 55.8 cm³/mol. The minimum Gasteiger partial charge on any atom is -0.390 e. The lowest BCUT2D eigenvalue weighted by Gasteiger charge is -2.32. The molecule has 0 aromatic heterocycles. The van der Waals surface area contributed by atoms with Gasteiger partial charge >= 0.3 is 0 Å². The summed E-state index contributed by atoms with van der Waals surface area (Å²) in [6.45, 7) is 0. The molecule has 0 amide bonds. The maximum atomic E-state index is 11.4. The minimum atomic E-state index is -0.674. The van der Waals surface area contributed by atoms with E-state index in [1.807, 2.05) is 0 Å². The van der Waals surface area contributed by atoms with E-state index in [2.05, 4.69) is 0 Å². The second-order valence-electron chi connectivity index (χ2n) is 5.22. The molecule has 1 N–H and O–H groups in total. The standard InChI is InChI=1S/C12H18O4/c13-8-6-9(14)11-10(7-8)15-12(16-11)4-2-1-3-5-12/h9-11,14H,1-7H2/t9-,10-,11+/m1/s1. The van der Waals surface area contributed by atoms with Crippen molar-refractivity contribution in [1.29, 1.82) is 0 Å². The van der Waals surface area contributed by atoms with Gasteiger partial charge < -0.3 is 14.6 Å². The molecule has 0 bridgehead atoms. The van der Waals surface area contributed by atoms with Crippen molar-refractivity contribution >= 4 is 5.78 Å². The van der Waals surface area contributed by atoms with Crippen molar-refractivity contribution < 1.29 is 19.4 Å². The average Bonchev–Trinajstić information content (AvgIpc) is 2.57. The molecule has 1 heterocycles. The molecule has 3 fully saturated rings. The van der Waals surface area contributed by atoms with Gasteiger partial charge in [0.1, 0.15) is 11.9 Å². The fourth-order valence-corrected chi connectivity index (χ4v) is 3.16. The predicted octanol–water partition coefficient (Wildman–Crippen LogP) is 1.15. The van der Waals surface area contributed by atoms with E-state index < -0.39 is 11.9 Å². The SMILES string of the molecule is O=C1C[C@@H](O)[C@@H]2OC3(CCCCC3)O[C@@H]2C1. The number of ether oxygens (including phenoxy) is 2. The summed E-state index contributed by atoms with van der Waals surface area (Å²) in [4.78, 5) is 11.4. The van der Waals surface area contributed by atoms with Crippen LogP contribution in [0.15, 0.2) is 0 Å². The van der Waals surface area contributed by atoms with E-state index in [4.69, 9.17) is 9.47 Å². The van der Waals surface area contributed by atoms with E-state index in [1.54, 1.807) is 0 Å². The molecule has 0 unspecified atom stereocenters. The van der Waals surface area contributed by atoms with Crippen LogP contribution in [-0.4, -0.2) is 35.0 Å². The molecule has 3 rings (SSSR count). The molecule has 16 heavy (non-hydrogen) atoms. The van der Waals surface area contributed by atoms with Gasteiger partial charge in [-0.05, 0) is 12.8 Å². The Morgan fingerprint density at radius 1 is 1.12 bits per heavy atom. The molecule has 4 nitrogen and oxygen atoms in total. The number of Topliss-reactive ketones (excluding diaryl/α,β-unsaturated/α-hetero) is 1. The molecule has 1 spiro atoms. The van der Waals surface area contributed by atoms with Gasteiger partial charge in [-0.2, -0.15) is 0 Å². The van der Waals surface area contributed by atoms with Gasteiger partial charge in [-0.25, -0.2) is 0 Å². The second-order valence-corrected chi connectivity index (χ2v) is 5.22. The van der Waals surface area contributed by atoms with Crippen LogP contribution in [0, 0.1) is 0 Å². The van der Waals surface area contributed by atoms with Crippen molar-refractivity contribution in [2.75, 3.05) is 0 Å². The molecule has 90 valence electrons. The Morgan fingerprint density at radius 2 is 1.88 bits per heavy atom. The summed E-state index contributed by atoms with van der Waals surface area (Å²) in [5.74, 6) is -0.399. The van der Waals surface area contributed by atoms with Crippen LogP contribution in [0.25, 0.3) is 0 Å². The number of ketones is 1. The lowest BCUT2D eigenvalue weighted by Crippen LogP contribution is -2.42. The van der Waals surface area contributed by atoms with Crippen LogP contribution in [0.2, 0.25) is 0 Å². The van der Waals surface area contributed by atoms with E-state index in [0.29, 0.717) is 6.42 Å². The molecular weight excluding hydrogens is 208 g/mol. The molecule has 2 aliphatic carbocycles. The molecule has 1 saturated heterocycles. The quantitative estimate of drug-likeness (QED) is 0.673. The lowest BCUT2D eigenvalue weighted by atomic mass is 9.91. The van der Waals surface area contributed by atoms with Gasteiger partial charge in [0.15, 0.2) is 5.79 Å². The Labute approximate surface area is 94.9 Å². The van der Waals surface area contributed by atoms with Crippen molar-refractivity contribution in [2.24, 2.45) is 0 Å². The summed E-state index contributed by atoms with van der Waals surface area (Å²) < 4.78 is 11.9. The van der Waals surface area contributed by atoms with Gasteiger partial charge in [0.25, 0.3) is 0 Å². The average molecular weight is 226 g/mol. The molecule has 4 heteroatoms. The lowest BCUT2D eigenvalue weighted by molar-refractivity contribution is -0.198. The summed E-state index contributed by atoms with van der Waals surface area (Å²) >= 11 is 0. The highest BCUT2D eigenvalue weighted by molar-refractivity contribution is 5.80. The van der Waals surface area contributed by atoms with E-state index >= 15 is 0 Å². The Balaban J connectivity index is 1.77. The third-order valence-electron chi connectivity index (χ3n) is 3.94. The number of carbonyl (C=O) groups is 1. The smallest absolute Gasteiger partial charge is 0.169 e. The monoisotopic (exact) mass is 226 g/mol. The maximum absolute atomic E-state index is 11.4. The molecular formula is C12H18O4. The number of fused-ring (bicyclic) bond motifs is 1. The van der Waals surface area contributed by atoms with Crippen molar-refractivity contribution in [1.82, 2.24) is 0 Å². The Morgan fingerprint density at radius 3 is 2.62 bits per heavy atom. The van der Waals surface area contributed by atoms with Crippen LogP contribution < -0.4 is 0 Å². The third-order valence-corrected chi connectivity index (χ3v) is 3.94. The first kappa shape index (κ1) is 10.7. The van der Waals surface area contributed by atoms with E-state index in [9.17, 15) is 9.90 Å². The number of rotatable bonds is 0. The van der Waals surface area contributed by atoms with Gasteiger partial charge in [0.05, 0.1) is 12.2 Å². The zero-order valence-corrected chi connectivity index (χ0v) is 9.35. The van der Waals surface area contributed by atoms with Crippen LogP contribution in [0.1, 0.15) is 44.9 Å². The van der Waals surface area contributed by atoms with Gasteiger partial charge in [-0.3, -0.25) is 4.79 Å². The molecule has 1 aliphatic heterocycles. The highest BCUT2D eigenvalue weighted by Gasteiger charge is 2.52. The summed E-state index contributed by atoms with van der Waals surface area (Å²) in [5, 5.41) is 9.84. The van der Waals surface area contributed by atoms with Gasteiger partial charge in [-0.15, -0.1) is 0 Å². The number of hydrogen-bond acceptors (Lipinski definition) is 4. The topological polar surface area (TPSA) is 55.8 Å². The molecule has 2 saturated carbocycles. The van der Waals surface area contributed by atoms with Gasteiger partial charge in [0, 0.05) is 25.7 Å². The maximum Gasteiger partial charge on any atom is 0.169 e. The van der Waals surface area contributed by atoms with Crippen molar-refractivity contribution in [3.05, 3.63) is 0 Å². The Bertz CT molecular complexity index is 295. The summed E-state index contributed by atoms with van der Waals surface area (Å²) in [5.41, 5.74) is 0. The normalized spacial score (nSPS) is 42.3.